The maximum absolute atomic E-state index is 6.02. The maximum atomic E-state index is 6.02. The summed E-state index contributed by atoms with van der Waals surface area (Å²) in [4.78, 5) is 2.10. The molecule has 0 aliphatic heterocycles. The van der Waals surface area contributed by atoms with E-state index in [0.717, 1.165) is 18.2 Å². The molecule has 0 N–H and O–H groups in total. The minimum Gasteiger partial charge on any atom is -0.363 e. The van der Waals surface area contributed by atoms with Crippen molar-refractivity contribution in [2.75, 3.05) is 27.2 Å². The molecule has 12 heavy (non-hydrogen) atoms. The molecule has 0 atom stereocenters. The fraction of sp³-hybridized carbons (Fsp3) is 0.667. The first-order valence-corrected chi connectivity index (χ1v) is 4.61. The molecular formula is C9H18ClN2+. The van der Waals surface area contributed by atoms with E-state index in [1.807, 2.05) is 31.0 Å². The van der Waals surface area contributed by atoms with Gasteiger partial charge in [-0.05, 0) is 13.8 Å². The van der Waals surface area contributed by atoms with Gasteiger partial charge in [-0.3, -0.25) is 0 Å². The highest BCUT2D eigenvalue weighted by atomic mass is 35.5. The largest absolute Gasteiger partial charge is 0.363 e. The average Bonchev–Trinajstić information content (AvgIpc) is 2.03. The smallest absolute Gasteiger partial charge is 0.165 e. The normalized spacial score (nSPS) is 11.2. The highest BCUT2D eigenvalue weighted by Crippen LogP contribution is 2.06. The van der Waals surface area contributed by atoms with Crippen LogP contribution in [0.5, 0.6) is 0 Å². The van der Waals surface area contributed by atoms with E-state index >= 15 is 0 Å². The summed E-state index contributed by atoms with van der Waals surface area (Å²) in [5.74, 6) is 0. The summed E-state index contributed by atoms with van der Waals surface area (Å²) >= 11 is 6.02. The minimum absolute atomic E-state index is 0.800. The van der Waals surface area contributed by atoms with Gasteiger partial charge in [-0.2, -0.15) is 0 Å². The highest BCUT2D eigenvalue weighted by molar-refractivity contribution is 6.30. The van der Waals surface area contributed by atoms with Crippen molar-refractivity contribution in [3.05, 3.63) is 11.2 Å². The quantitative estimate of drug-likeness (QED) is 0.371. The van der Waals surface area contributed by atoms with Gasteiger partial charge in [0.05, 0.1) is 0 Å². The number of nitrogens with zero attached hydrogens (tertiary/aromatic N) is 2. The second kappa shape index (κ2) is 6.06. The molecule has 0 aromatic rings. The van der Waals surface area contributed by atoms with E-state index in [0.29, 0.717) is 0 Å². The number of halogens is 1. The summed E-state index contributed by atoms with van der Waals surface area (Å²) < 4.78 is 1.96. The fourth-order valence-corrected chi connectivity index (χ4v) is 1.14. The molecule has 0 rings (SSSR count). The van der Waals surface area contributed by atoms with Crippen molar-refractivity contribution in [3.63, 3.8) is 0 Å². The Morgan fingerprint density at radius 1 is 1.33 bits per heavy atom. The van der Waals surface area contributed by atoms with Crippen LogP contribution in [0.1, 0.15) is 13.8 Å². The molecule has 0 heterocycles. The summed E-state index contributed by atoms with van der Waals surface area (Å²) in [6, 6.07) is 0. The van der Waals surface area contributed by atoms with Crippen LogP contribution in [0.25, 0.3) is 0 Å². The molecule has 0 unspecified atom stereocenters. The van der Waals surface area contributed by atoms with Crippen LogP contribution in [0.15, 0.2) is 11.2 Å². The van der Waals surface area contributed by atoms with Crippen LogP contribution >= 0.6 is 11.6 Å². The van der Waals surface area contributed by atoms with Gasteiger partial charge in [0, 0.05) is 19.2 Å². The number of hydrogen-bond acceptors (Lipinski definition) is 1. The van der Waals surface area contributed by atoms with Gasteiger partial charge in [0.15, 0.2) is 6.21 Å². The van der Waals surface area contributed by atoms with Crippen LogP contribution in [-0.2, 0) is 0 Å². The molecule has 0 aliphatic carbocycles. The Labute approximate surface area is 80.1 Å². The lowest BCUT2D eigenvalue weighted by Crippen LogP contribution is -2.19. The van der Waals surface area contributed by atoms with Gasteiger partial charge < -0.3 is 4.90 Å². The van der Waals surface area contributed by atoms with Crippen molar-refractivity contribution in [1.29, 1.82) is 0 Å². The summed E-state index contributed by atoms with van der Waals surface area (Å²) in [5.41, 5.74) is 0. The molecule has 0 aliphatic rings. The number of allylic oxidation sites excluding steroid dienone is 1. The predicted molar refractivity (Wildman–Crippen MR) is 55.0 cm³/mol. The third-order valence-electron chi connectivity index (χ3n) is 1.58. The van der Waals surface area contributed by atoms with Crippen LogP contribution in [0, 0.1) is 0 Å². The monoisotopic (exact) mass is 189 g/mol. The highest BCUT2D eigenvalue weighted by Gasteiger charge is 2.00. The minimum atomic E-state index is 0.800. The molecule has 0 radical (unpaired) electrons. The van der Waals surface area contributed by atoms with E-state index in [1.165, 1.54) is 0 Å². The summed E-state index contributed by atoms with van der Waals surface area (Å²) in [6.07, 6.45) is 3.86. The van der Waals surface area contributed by atoms with Gasteiger partial charge in [-0.15, -0.1) is 0 Å². The molecule has 0 fully saturated rings. The van der Waals surface area contributed by atoms with Crippen molar-refractivity contribution >= 4 is 17.8 Å². The lowest BCUT2D eigenvalue weighted by Gasteiger charge is -2.18. The van der Waals surface area contributed by atoms with Crippen LogP contribution in [0.3, 0.4) is 0 Å². The molecule has 0 aromatic carbocycles. The van der Waals surface area contributed by atoms with Crippen LogP contribution in [0.4, 0.5) is 0 Å². The Morgan fingerprint density at radius 3 is 2.17 bits per heavy atom. The van der Waals surface area contributed by atoms with E-state index < -0.39 is 0 Å². The zero-order valence-corrected chi connectivity index (χ0v) is 9.10. The van der Waals surface area contributed by atoms with Gasteiger partial charge in [0.1, 0.15) is 19.3 Å². The Bertz CT molecular complexity index is 177. The Hall–Kier alpha value is -0.500. The van der Waals surface area contributed by atoms with Gasteiger partial charge in [-0.1, -0.05) is 11.6 Å². The zero-order valence-electron chi connectivity index (χ0n) is 8.34. The molecule has 2 nitrogen and oxygen atoms in total. The Morgan fingerprint density at radius 2 is 1.83 bits per heavy atom. The molecule has 3 heteroatoms. The molecule has 0 saturated carbocycles. The molecular weight excluding hydrogens is 172 g/mol. The van der Waals surface area contributed by atoms with E-state index in [2.05, 4.69) is 18.7 Å². The number of hydrogen-bond donors (Lipinski definition) is 0. The first kappa shape index (κ1) is 11.5. The van der Waals surface area contributed by atoms with Gasteiger partial charge >= 0.3 is 0 Å². The van der Waals surface area contributed by atoms with Crippen molar-refractivity contribution < 1.29 is 4.58 Å². The zero-order chi connectivity index (χ0) is 9.56. The molecule has 0 bridgehead atoms. The lowest BCUT2D eigenvalue weighted by atomic mass is 10.5. The van der Waals surface area contributed by atoms with E-state index in [-0.39, 0.29) is 0 Å². The topological polar surface area (TPSA) is 6.25 Å². The van der Waals surface area contributed by atoms with Crippen LogP contribution in [-0.4, -0.2) is 42.9 Å². The lowest BCUT2D eigenvalue weighted by molar-refractivity contribution is -0.458. The molecule has 0 amide bonds. The Balaban J connectivity index is 4.24. The van der Waals surface area contributed by atoms with Crippen LogP contribution in [0.2, 0.25) is 0 Å². The van der Waals surface area contributed by atoms with E-state index in [9.17, 15) is 0 Å². The van der Waals surface area contributed by atoms with Crippen molar-refractivity contribution in [2.24, 2.45) is 0 Å². The Kier molecular flexibility index (Phi) is 5.81. The van der Waals surface area contributed by atoms with Crippen LogP contribution < -0.4 is 0 Å². The summed E-state index contributed by atoms with van der Waals surface area (Å²) in [5, 5.41) is 0.800. The van der Waals surface area contributed by atoms with Gasteiger partial charge in [-0.25, -0.2) is 4.58 Å². The molecule has 70 valence electrons. The van der Waals surface area contributed by atoms with Gasteiger partial charge in [0.25, 0.3) is 0 Å². The van der Waals surface area contributed by atoms with Crippen molar-refractivity contribution in [3.8, 4) is 0 Å². The third-order valence-corrected chi connectivity index (χ3v) is 1.94. The second-order valence-corrected chi connectivity index (χ2v) is 3.16. The first-order chi connectivity index (χ1) is 5.61. The molecule has 0 saturated heterocycles. The van der Waals surface area contributed by atoms with E-state index in [1.54, 1.807) is 0 Å². The fourth-order valence-electron chi connectivity index (χ4n) is 0.842. The van der Waals surface area contributed by atoms with Crippen molar-refractivity contribution in [2.45, 2.75) is 13.8 Å². The van der Waals surface area contributed by atoms with Gasteiger partial charge in [0.2, 0.25) is 0 Å². The maximum Gasteiger partial charge on any atom is 0.165 e. The average molecular weight is 190 g/mol. The summed E-state index contributed by atoms with van der Waals surface area (Å²) in [6.45, 7) is 6.09. The SMILES string of the molecule is CCN(CC)/C(Cl)=C/C=[N+](C)C. The predicted octanol–water partition coefficient (Wildman–Crippen LogP) is 1.75. The third kappa shape index (κ3) is 4.39. The second-order valence-electron chi connectivity index (χ2n) is 2.77. The first-order valence-electron chi connectivity index (χ1n) is 4.23. The summed E-state index contributed by atoms with van der Waals surface area (Å²) in [7, 11) is 3.95. The van der Waals surface area contributed by atoms with Crippen molar-refractivity contribution in [1.82, 2.24) is 4.90 Å². The standard InChI is InChI=1S/C9H18ClN2/c1-5-12(6-2)9(10)7-8-11(3)4/h7-8H,5-6H2,1-4H3/q+1. The number of rotatable bonds is 4. The molecule has 0 aromatic heterocycles. The molecule has 0 spiro atoms. The van der Waals surface area contributed by atoms with E-state index in [4.69, 9.17) is 11.6 Å².